The number of pyridine rings is 1. The van der Waals surface area contributed by atoms with Crippen LogP contribution >= 0.6 is 0 Å². The van der Waals surface area contributed by atoms with Gasteiger partial charge in [-0.3, -0.25) is 4.98 Å². The van der Waals surface area contributed by atoms with E-state index in [1.807, 2.05) is 6.92 Å². The maximum absolute atomic E-state index is 12.2. The molecule has 0 amide bonds. The van der Waals surface area contributed by atoms with Crippen molar-refractivity contribution >= 4 is 0 Å². The van der Waals surface area contributed by atoms with Gasteiger partial charge in [0, 0.05) is 11.8 Å². The van der Waals surface area contributed by atoms with Crippen LogP contribution in [0, 0.1) is 0 Å². The van der Waals surface area contributed by atoms with Crippen LogP contribution in [0.4, 0.5) is 13.2 Å². The molecule has 1 atom stereocenters. The topological polar surface area (TPSA) is 42.4 Å². The summed E-state index contributed by atoms with van der Waals surface area (Å²) in [5, 5.41) is 8.99. The van der Waals surface area contributed by atoms with Crippen molar-refractivity contribution in [3.63, 3.8) is 0 Å². The molecule has 16 heavy (non-hydrogen) atoms. The highest BCUT2D eigenvalue weighted by atomic mass is 19.4. The minimum atomic E-state index is -4.69. The molecule has 1 heterocycles. The summed E-state index contributed by atoms with van der Waals surface area (Å²) in [5.41, 5.74) is -0.318. The molecule has 1 aromatic heterocycles. The monoisotopic (exact) mass is 235 g/mol. The van der Waals surface area contributed by atoms with Gasteiger partial charge in [-0.2, -0.15) is 13.2 Å². The van der Waals surface area contributed by atoms with Crippen molar-refractivity contribution < 1.29 is 23.0 Å². The number of alkyl halides is 3. The third kappa shape index (κ3) is 3.37. The van der Waals surface area contributed by atoms with Gasteiger partial charge in [-0.1, -0.05) is 6.92 Å². The lowest BCUT2D eigenvalue weighted by molar-refractivity contribution is -0.206. The van der Waals surface area contributed by atoms with Gasteiger partial charge in [0.15, 0.2) is 6.10 Å². The third-order valence-electron chi connectivity index (χ3n) is 1.83. The number of ether oxygens (including phenoxy) is 1. The van der Waals surface area contributed by atoms with Crippen LogP contribution in [0.5, 0.6) is 5.75 Å². The van der Waals surface area contributed by atoms with E-state index < -0.39 is 12.3 Å². The lowest BCUT2D eigenvalue weighted by Gasteiger charge is -2.15. The zero-order valence-electron chi connectivity index (χ0n) is 8.66. The number of rotatable bonds is 4. The van der Waals surface area contributed by atoms with Crippen LogP contribution in [0.2, 0.25) is 0 Å². The summed E-state index contributed by atoms with van der Waals surface area (Å²) < 4.78 is 41.7. The minimum Gasteiger partial charge on any atom is -0.492 e. The largest absolute Gasteiger partial charge is 0.492 e. The Hall–Kier alpha value is -1.30. The summed E-state index contributed by atoms with van der Waals surface area (Å²) in [6.07, 6.45) is -4.19. The quantitative estimate of drug-likeness (QED) is 0.871. The normalized spacial score (nSPS) is 13.6. The zero-order chi connectivity index (χ0) is 12.2. The summed E-state index contributed by atoms with van der Waals surface area (Å²) >= 11 is 0. The molecule has 0 radical (unpaired) electrons. The first-order valence-electron chi connectivity index (χ1n) is 4.77. The van der Waals surface area contributed by atoms with Gasteiger partial charge >= 0.3 is 6.18 Å². The Balaban J connectivity index is 2.81. The van der Waals surface area contributed by atoms with Gasteiger partial charge in [-0.25, -0.2) is 0 Å². The summed E-state index contributed by atoms with van der Waals surface area (Å²) in [6, 6.07) is 1.14. The second-order valence-electron chi connectivity index (χ2n) is 3.25. The molecule has 3 nitrogen and oxygen atoms in total. The van der Waals surface area contributed by atoms with E-state index in [2.05, 4.69) is 4.98 Å². The van der Waals surface area contributed by atoms with E-state index in [-0.39, 0.29) is 11.3 Å². The number of halogens is 3. The molecule has 0 aliphatic carbocycles. The van der Waals surface area contributed by atoms with E-state index in [0.717, 1.165) is 18.7 Å². The third-order valence-corrected chi connectivity index (χ3v) is 1.83. The Morgan fingerprint density at radius 3 is 2.69 bits per heavy atom. The summed E-state index contributed by atoms with van der Waals surface area (Å²) in [4.78, 5) is 3.59. The Morgan fingerprint density at radius 1 is 1.44 bits per heavy atom. The molecule has 0 fully saturated rings. The molecule has 0 spiro atoms. The number of hydrogen-bond donors (Lipinski definition) is 1. The number of nitrogens with zero attached hydrogens (tertiary/aromatic N) is 1. The highest BCUT2D eigenvalue weighted by Crippen LogP contribution is 2.33. The SMILES string of the molecule is CCCOc1cncc([C@@H](O)C(F)(F)F)c1. The van der Waals surface area contributed by atoms with Crippen molar-refractivity contribution in [2.45, 2.75) is 25.6 Å². The fourth-order valence-corrected chi connectivity index (χ4v) is 1.07. The molecule has 0 saturated carbocycles. The zero-order valence-corrected chi connectivity index (χ0v) is 8.66. The van der Waals surface area contributed by atoms with Crippen molar-refractivity contribution in [1.29, 1.82) is 0 Å². The molecule has 0 bridgehead atoms. The fourth-order valence-electron chi connectivity index (χ4n) is 1.07. The first-order valence-corrected chi connectivity index (χ1v) is 4.77. The summed E-state index contributed by atoms with van der Waals surface area (Å²) in [7, 11) is 0. The standard InChI is InChI=1S/C10H12F3NO2/c1-2-3-16-8-4-7(5-14-6-8)9(15)10(11,12)13/h4-6,9,15H,2-3H2,1H3/t9-/m1/s1. The Bertz CT molecular complexity index is 341. The van der Waals surface area contributed by atoms with E-state index in [0.29, 0.717) is 6.61 Å². The van der Waals surface area contributed by atoms with Crippen LogP contribution in [0.3, 0.4) is 0 Å². The predicted molar refractivity (Wildman–Crippen MR) is 51.0 cm³/mol. The van der Waals surface area contributed by atoms with Gasteiger partial charge in [-0.15, -0.1) is 0 Å². The molecular formula is C10H12F3NO2. The molecule has 0 unspecified atom stereocenters. The van der Waals surface area contributed by atoms with E-state index in [9.17, 15) is 13.2 Å². The number of aromatic nitrogens is 1. The van der Waals surface area contributed by atoms with Crippen LogP contribution in [0.1, 0.15) is 25.0 Å². The van der Waals surface area contributed by atoms with Crippen molar-refractivity contribution in [3.05, 3.63) is 24.0 Å². The molecular weight excluding hydrogens is 223 g/mol. The first-order chi connectivity index (χ1) is 7.45. The van der Waals surface area contributed by atoms with Crippen LogP contribution < -0.4 is 4.74 Å². The van der Waals surface area contributed by atoms with Gasteiger partial charge in [0.05, 0.1) is 12.8 Å². The van der Waals surface area contributed by atoms with Gasteiger partial charge < -0.3 is 9.84 Å². The minimum absolute atomic E-state index is 0.225. The van der Waals surface area contributed by atoms with Gasteiger partial charge in [0.1, 0.15) is 5.75 Å². The molecule has 0 saturated heterocycles. The molecule has 0 aliphatic heterocycles. The van der Waals surface area contributed by atoms with Gasteiger partial charge in [0.25, 0.3) is 0 Å². The van der Waals surface area contributed by atoms with E-state index >= 15 is 0 Å². The van der Waals surface area contributed by atoms with Crippen molar-refractivity contribution in [2.24, 2.45) is 0 Å². The van der Waals surface area contributed by atoms with Gasteiger partial charge in [0.2, 0.25) is 0 Å². The Labute approximate surface area is 90.9 Å². The summed E-state index contributed by atoms with van der Waals surface area (Å²) in [5.74, 6) is 0.225. The van der Waals surface area contributed by atoms with Crippen molar-refractivity contribution in [1.82, 2.24) is 4.98 Å². The van der Waals surface area contributed by atoms with E-state index in [1.54, 1.807) is 0 Å². The van der Waals surface area contributed by atoms with Crippen LogP contribution in [-0.2, 0) is 0 Å². The van der Waals surface area contributed by atoms with E-state index in [1.165, 1.54) is 6.20 Å². The Kier molecular flexibility index (Phi) is 4.12. The van der Waals surface area contributed by atoms with Crippen LogP contribution in [0.15, 0.2) is 18.5 Å². The average molecular weight is 235 g/mol. The first kappa shape index (κ1) is 12.8. The lowest BCUT2D eigenvalue weighted by atomic mass is 10.1. The molecule has 90 valence electrons. The van der Waals surface area contributed by atoms with E-state index in [4.69, 9.17) is 9.84 Å². The Morgan fingerprint density at radius 2 is 2.12 bits per heavy atom. The maximum Gasteiger partial charge on any atom is 0.418 e. The predicted octanol–water partition coefficient (Wildman–Crippen LogP) is 2.47. The van der Waals surface area contributed by atoms with Gasteiger partial charge in [-0.05, 0) is 12.5 Å². The second-order valence-corrected chi connectivity index (χ2v) is 3.25. The molecule has 0 aliphatic rings. The maximum atomic E-state index is 12.2. The highest BCUT2D eigenvalue weighted by Gasteiger charge is 2.39. The van der Waals surface area contributed by atoms with Crippen molar-refractivity contribution in [3.8, 4) is 5.75 Å². The second kappa shape index (κ2) is 5.16. The van der Waals surface area contributed by atoms with Crippen molar-refractivity contribution in [2.75, 3.05) is 6.61 Å². The molecule has 1 rings (SSSR count). The average Bonchev–Trinajstić information content (AvgIpc) is 2.24. The number of aliphatic hydroxyl groups excluding tert-OH is 1. The molecule has 0 aromatic carbocycles. The molecule has 1 N–H and O–H groups in total. The smallest absolute Gasteiger partial charge is 0.418 e. The number of hydrogen-bond acceptors (Lipinski definition) is 3. The van der Waals surface area contributed by atoms with Crippen LogP contribution in [0.25, 0.3) is 0 Å². The summed E-state index contributed by atoms with van der Waals surface area (Å²) in [6.45, 7) is 2.27. The molecule has 6 heteroatoms. The van der Waals surface area contributed by atoms with Crippen LogP contribution in [-0.4, -0.2) is 22.9 Å². The number of aliphatic hydroxyl groups is 1. The molecule has 1 aromatic rings. The highest BCUT2D eigenvalue weighted by molar-refractivity contribution is 5.25. The fraction of sp³-hybridized carbons (Fsp3) is 0.500. The lowest BCUT2D eigenvalue weighted by Crippen LogP contribution is -2.20.